The number of benzene rings is 1. The quantitative estimate of drug-likeness (QED) is 0.610. The van der Waals surface area contributed by atoms with E-state index in [2.05, 4.69) is 21.8 Å². The van der Waals surface area contributed by atoms with Crippen LogP contribution in [0.1, 0.15) is 34.5 Å². The van der Waals surface area contributed by atoms with E-state index >= 15 is 0 Å². The fraction of sp³-hybridized carbons (Fsp3) is 0.304. The van der Waals surface area contributed by atoms with Crippen molar-refractivity contribution < 1.29 is 17.6 Å². The number of piperidine rings is 1. The number of furan rings is 1. The van der Waals surface area contributed by atoms with Crippen LogP contribution in [-0.4, -0.2) is 37.3 Å². The molecular formula is C23H25N3O4S. The first kappa shape index (κ1) is 21.3. The highest BCUT2D eigenvalue weighted by atomic mass is 32.2. The molecule has 0 spiro atoms. The van der Waals surface area contributed by atoms with Crippen molar-refractivity contribution in [3.8, 4) is 0 Å². The van der Waals surface area contributed by atoms with Gasteiger partial charge < -0.3 is 9.32 Å². The van der Waals surface area contributed by atoms with Crippen molar-refractivity contribution in [1.82, 2.24) is 14.6 Å². The highest BCUT2D eigenvalue weighted by molar-refractivity contribution is 7.89. The Morgan fingerprint density at radius 3 is 2.48 bits per heavy atom. The van der Waals surface area contributed by atoms with Crippen molar-refractivity contribution >= 4 is 15.9 Å². The smallest absolute Gasteiger partial charge is 0.289 e. The molecule has 3 aromatic rings. The highest BCUT2D eigenvalue weighted by Gasteiger charge is 2.27. The molecule has 2 aromatic heterocycles. The zero-order valence-electron chi connectivity index (χ0n) is 17.1. The summed E-state index contributed by atoms with van der Waals surface area (Å²) in [6.45, 7) is 1.37. The molecule has 1 N–H and O–H groups in total. The molecule has 1 aliphatic rings. The van der Waals surface area contributed by atoms with Gasteiger partial charge in [0.25, 0.3) is 15.9 Å². The van der Waals surface area contributed by atoms with Crippen molar-refractivity contribution in [3.05, 3.63) is 83.9 Å². The lowest BCUT2D eigenvalue weighted by Gasteiger charge is -2.31. The SMILES string of the molecule is O=C(c1ccc(S(=O)(=O)NCc2cccnc2)o1)N1CCC(Cc2ccccc2)CC1. The summed E-state index contributed by atoms with van der Waals surface area (Å²) in [6, 6.07) is 16.6. The van der Waals surface area contributed by atoms with Gasteiger partial charge in [0.2, 0.25) is 5.09 Å². The Labute approximate surface area is 182 Å². The van der Waals surface area contributed by atoms with Crippen LogP contribution in [0, 0.1) is 5.92 Å². The van der Waals surface area contributed by atoms with E-state index in [1.54, 1.807) is 29.4 Å². The van der Waals surface area contributed by atoms with Gasteiger partial charge in [0.05, 0.1) is 0 Å². The standard InChI is InChI=1S/C23H25N3O4S/c27-23(26-13-10-19(11-14-26)15-18-5-2-1-3-6-18)21-8-9-22(30-21)31(28,29)25-17-20-7-4-12-24-16-20/h1-9,12,16,19,25H,10-11,13-15,17H2. The van der Waals surface area contributed by atoms with Gasteiger partial charge in [-0.3, -0.25) is 9.78 Å². The van der Waals surface area contributed by atoms with E-state index in [9.17, 15) is 13.2 Å². The minimum Gasteiger partial charge on any atom is -0.438 e. The second kappa shape index (κ2) is 9.45. The third-order valence-corrected chi connectivity index (χ3v) is 6.79. The summed E-state index contributed by atoms with van der Waals surface area (Å²) in [4.78, 5) is 18.5. The first-order valence-electron chi connectivity index (χ1n) is 10.3. The van der Waals surface area contributed by atoms with Gasteiger partial charge in [-0.05, 0) is 54.5 Å². The molecule has 31 heavy (non-hydrogen) atoms. The summed E-state index contributed by atoms with van der Waals surface area (Å²) in [5.74, 6) is 0.311. The molecule has 0 unspecified atom stereocenters. The number of rotatable bonds is 7. The highest BCUT2D eigenvalue weighted by Crippen LogP contribution is 2.24. The molecule has 1 amide bonds. The van der Waals surface area contributed by atoms with Crippen LogP contribution in [-0.2, 0) is 23.0 Å². The molecule has 0 aliphatic carbocycles. The summed E-state index contributed by atoms with van der Waals surface area (Å²) in [6.07, 6.45) is 6.04. The van der Waals surface area contributed by atoms with E-state index in [1.165, 1.54) is 17.7 Å². The summed E-state index contributed by atoms with van der Waals surface area (Å²) >= 11 is 0. The average Bonchev–Trinajstić information content (AvgIpc) is 3.31. The zero-order valence-corrected chi connectivity index (χ0v) is 17.9. The van der Waals surface area contributed by atoms with Crippen LogP contribution in [0.2, 0.25) is 0 Å². The Morgan fingerprint density at radius 2 is 1.77 bits per heavy atom. The van der Waals surface area contributed by atoms with Crippen LogP contribution in [0.4, 0.5) is 0 Å². The van der Waals surface area contributed by atoms with E-state index in [0.717, 1.165) is 24.8 Å². The van der Waals surface area contributed by atoms with E-state index in [0.29, 0.717) is 19.0 Å². The van der Waals surface area contributed by atoms with Gasteiger partial charge in [0.1, 0.15) is 0 Å². The van der Waals surface area contributed by atoms with Gasteiger partial charge in [-0.25, -0.2) is 13.1 Å². The molecule has 7 nitrogen and oxygen atoms in total. The summed E-state index contributed by atoms with van der Waals surface area (Å²) in [5, 5.41) is -0.265. The molecule has 4 rings (SSSR count). The summed E-state index contributed by atoms with van der Waals surface area (Å²) in [5.41, 5.74) is 2.04. The topological polar surface area (TPSA) is 92.5 Å². The molecule has 0 radical (unpaired) electrons. The van der Waals surface area contributed by atoms with Gasteiger partial charge in [0, 0.05) is 32.0 Å². The molecule has 1 saturated heterocycles. The molecular weight excluding hydrogens is 414 g/mol. The lowest BCUT2D eigenvalue weighted by molar-refractivity contribution is 0.0652. The predicted octanol–water partition coefficient (Wildman–Crippen LogP) is 3.25. The predicted molar refractivity (Wildman–Crippen MR) is 116 cm³/mol. The molecule has 0 saturated carbocycles. The summed E-state index contributed by atoms with van der Waals surface area (Å²) in [7, 11) is -3.86. The van der Waals surface area contributed by atoms with Crippen molar-refractivity contribution in [2.24, 2.45) is 5.92 Å². The molecule has 1 aliphatic heterocycles. The maximum absolute atomic E-state index is 12.8. The minimum atomic E-state index is -3.86. The normalized spacial score (nSPS) is 15.2. The van der Waals surface area contributed by atoms with Crippen molar-refractivity contribution in [2.45, 2.75) is 30.9 Å². The third kappa shape index (κ3) is 5.39. The molecule has 3 heterocycles. The number of nitrogens with one attached hydrogen (secondary N) is 1. The largest absolute Gasteiger partial charge is 0.438 e. The first-order valence-corrected chi connectivity index (χ1v) is 11.8. The fourth-order valence-electron chi connectivity index (χ4n) is 3.78. The van der Waals surface area contributed by atoms with Crippen LogP contribution < -0.4 is 4.72 Å². The van der Waals surface area contributed by atoms with E-state index < -0.39 is 10.0 Å². The van der Waals surface area contributed by atoms with Crippen LogP contribution in [0.25, 0.3) is 0 Å². The maximum Gasteiger partial charge on any atom is 0.289 e. The molecule has 0 atom stereocenters. The van der Waals surface area contributed by atoms with Gasteiger partial charge in [-0.15, -0.1) is 0 Å². The van der Waals surface area contributed by atoms with Gasteiger partial charge in [0.15, 0.2) is 5.76 Å². The number of hydrogen-bond donors (Lipinski definition) is 1. The van der Waals surface area contributed by atoms with Crippen LogP contribution in [0.5, 0.6) is 0 Å². The van der Waals surface area contributed by atoms with Gasteiger partial charge >= 0.3 is 0 Å². The Hall–Kier alpha value is -2.97. The Bertz CT molecular complexity index is 1110. The van der Waals surface area contributed by atoms with E-state index in [1.807, 2.05) is 18.2 Å². The maximum atomic E-state index is 12.8. The molecule has 162 valence electrons. The molecule has 8 heteroatoms. The van der Waals surface area contributed by atoms with Crippen molar-refractivity contribution in [2.75, 3.05) is 13.1 Å². The second-order valence-corrected chi connectivity index (χ2v) is 9.43. The number of carbonyl (C=O) groups excluding carboxylic acids is 1. The number of nitrogens with zero attached hydrogens (tertiary/aromatic N) is 2. The summed E-state index contributed by atoms with van der Waals surface area (Å²) < 4.78 is 32.9. The first-order chi connectivity index (χ1) is 15.0. The van der Waals surface area contributed by atoms with Gasteiger partial charge in [-0.1, -0.05) is 36.4 Å². The van der Waals surface area contributed by atoms with E-state index in [-0.39, 0.29) is 23.3 Å². The number of sulfonamides is 1. The number of pyridine rings is 1. The second-order valence-electron chi connectivity index (χ2n) is 7.73. The third-order valence-electron chi connectivity index (χ3n) is 5.52. The molecule has 1 aromatic carbocycles. The van der Waals surface area contributed by atoms with Gasteiger partial charge in [-0.2, -0.15) is 0 Å². The molecule has 0 bridgehead atoms. The average molecular weight is 440 g/mol. The Kier molecular flexibility index (Phi) is 6.48. The minimum absolute atomic E-state index is 0.0447. The monoisotopic (exact) mass is 439 g/mol. The lowest BCUT2D eigenvalue weighted by atomic mass is 9.90. The lowest BCUT2D eigenvalue weighted by Crippen LogP contribution is -2.38. The van der Waals surface area contributed by atoms with Crippen molar-refractivity contribution in [1.29, 1.82) is 0 Å². The molecule has 1 fully saturated rings. The van der Waals surface area contributed by atoms with Crippen molar-refractivity contribution in [3.63, 3.8) is 0 Å². The number of hydrogen-bond acceptors (Lipinski definition) is 5. The number of amides is 1. The van der Waals surface area contributed by atoms with Crippen LogP contribution in [0.3, 0.4) is 0 Å². The number of carbonyl (C=O) groups is 1. The Balaban J connectivity index is 1.33. The zero-order chi connectivity index (χ0) is 21.7. The fourth-order valence-corrected chi connectivity index (χ4v) is 4.72. The van der Waals surface area contributed by atoms with Crippen LogP contribution >= 0.6 is 0 Å². The Morgan fingerprint density at radius 1 is 1.03 bits per heavy atom. The number of aromatic nitrogens is 1. The van der Waals surface area contributed by atoms with E-state index in [4.69, 9.17) is 4.42 Å². The number of likely N-dealkylation sites (tertiary alicyclic amines) is 1. The van der Waals surface area contributed by atoms with Crippen LogP contribution in [0.15, 0.2) is 76.5 Å².